The van der Waals surface area contributed by atoms with Crippen molar-refractivity contribution in [1.29, 1.82) is 0 Å². The Morgan fingerprint density at radius 3 is 1.39 bits per heavy atom. The first-order chi connectivity index (χ1) is 34.3. The lowest BCUT2D eigenvalue weighted by molar-refractivity contribution is -0.139. The molecule has 0 fully saturated rings. The maximum atomic E-state index is 13.7. The third-order valence-corrected chi connectivity index (χ3v) is 9.52. The van der Waals surface area contributed by atoms with Crippen LogP contribution in [0, 0.1) is 23.3 Å². The fourth-order valence-electron chi connectivity index (χ4n) is 5.75. The van der Waals surface area contributed by atoms with Gasteiger partial charge >= 0.3 is 17.9 Å². The molecule has 5 N–H and O–H groups in total. The third kappa shape index (κ3) is 36.9. The zero-order valence-electron chi connectivity index (χ0n) is 40.2. The van der Waals surface area contributed by atoms with Gasteiger partial charge in [0.1, 0.15) is 6.04 Å². The Morgan fingerprint density at radius 1 is 0.521 bits per heavy atom. The number of ether oxygens (including phenoxy) is 10. The van der Waals surface area contributed by atoms with E-state index in [2.05, 4.69) is 25.6 Å². The summed E-state index contributed by atoms with van der Waals surface area (Å²) in [5, 5.41) is 25.0. The Labute approximate surface area is 410 Å². The summed E-state index contributed by atoms with van der Waals surface area (Å²) in [5.74, 6) is -12.2. The number of nitrogens with one attached hydrogen (secondary N) is 3. The van der Waals surface area contributed by atoms with Gasteiger partial charge in [-0.25, -0.2) is 8.78 Å². The minimum atomic E-state index is -1.81. The molecule has 1 rings (SSSR count). The van der Waals surface area contributed by atoms with Crippen LogP contribution in [-0.4, -0.2) is 209 Å². The van der Waals surface area contributed by atoms with Gasteiger partial charge in [0.25, 0.3) is 0 Å². The molecule has 0 bridgehead atoms. The van der Waals surface area contributed by atoms with E-state index in [0.29, 0.717) is 138 Å². The van der Waals surface area contributed by atoms with Crippen LogP contribution in [0.1, 0.15) is 57.8 Å². The predicted molar refractivity (Wildman–Crippen MR) is 242 cm³/mol. The molecular formula is C45H72F4N4O18. The third-order valence-electron chi connectivity index (χ3n) is 9.52. The largest absolute Gasteiger partial charge is 0.481 e. The molecule has 1 aromatic rings. The van der Waals surface area contributed by atoms with Crippen LogP contribution < -0.4 is 20.7 Å². The van der Waals surface area contributed by atoms with Crippen LogP contribution >= 0.6 is 0 Å². The molecule has 0 aliphatic carbocycles. The molecular weight excluding hydrogens is 960 g/mol. The van der Waals surface area contributed by atoms with E-state index in [1.807, 2.05) is 0 Å². The van der Waals surface area contributed by atoms with Crippen molar-refractivity contribution in [3.63, 3.8) is 0 Å². The lowest BCUT2D eigenvalue weighted by Gasteiger charge is -2.22. The number of carboxylic acid groups (broad SMARTS) is 2. The number of hydrogen-bond acceptors (Lipinski definition) is 17. The van der Waals surface area contributed by atoms with Gasteiger partial charge in [0.15, 0.2) is 11.6 Å². The van der Waals surface area contributed by atoms with E-state index in [0.717, 1.165) is 0 Å². The number of amides is 3. The van der Waals surface area contributed by atoms with Crippen molar-refractivity contribution in [3.8, 4) is 5.75 Å². The topological polar surface area (TPSA) is 275 Å². The Bertz CT molecular complexity index is 1560. The van der Waals surface area contributed by atoms with Gasteiger partial charge in [-0.3, -0.25) is 33.7 Å². The SMILES string of the molecule is O=CNC(CCC(=O)NCCOCCOCCOCCN(CCOCCOCCOCCC(=O)O)CCOCCOCCOCCC(=O)O)C(=O)NCCCCCCC(=O)Oc1c(F)c(F)cc(F)c1F. The second-order valence-electron chi connectivity index (χ2n) is 15.1. The summed E-state index contributed by atoms with van der Waals surface area (Å²) in [6, 6.07) is -0.953. The lowest BCUT2D eigenvalue weighted by Crippen LogP contribution is -2.44. The standard InChI is InChI=1S/C45H72F4N4O18/c46-35-33-36(47)43(49)44(42(35)48)71-41(60)5-3-1-2-4-10-51-45(61)37(52-34-54)6-7-38(55)50-11-17-64-23-29-70-32-26-67-20-14-53(12-18-65-24-30-68-27-21-62-15-8-39(56)57)13-19-66-25-31-69-28-22-63-16-9-40(58)59/h33-34,37H,1-32H2,(H,50,55)(H,51,61)(H,52,54)(H,56,57)(H,58,59). The molecule has 1 unspecified atom stereocenters. The second kappa shape index (κ2) is 44.1. The van der Waals surface area contributed by atoms with Crippen molar-refractivity contribution in [2.24, 2.45) is 0 Å². The Balaban J connectivity index is 2.16. The van der Waals surface area contributed by atoms with Crippen molar-refractivity contribution in [2.45, 2.75) is 63.8 Å². The molecule has 1 aromatic carbocycles. The highest BCUT2D eigenvalue weighted by Gasteiger charge is 2.23. The van der Waals surface area contributed by atoms with Gasteiger partial charge in [0.2, 0.25) is 35.6 Å². The fourth-order valence-corrected chi connectivity index (χ4v) is 5.75. The number of carboxylic acids is 2. The van der Waals surface area contributed by atoms with Gasteiger partial charge in [-0.15, -0.1) is 0 Å². The number of nitrogens with zero attached hydrogens (tertiary/aromatic N) is 1. The van der Waals surface area contributed by atoms with Crippen LogP contribution in [0.25, 0.3) is 0 Å². The second-order valence-corrected chi connectivity index (χ2v) is 15.1. The van der Waals surface area contributed by atoms with Crippen LogP contribution in [0.4, 0.5) is 17.6 Å². The normalized spacial score (nSPS) is 11.7. The van der Waals surface area contributed by atoms with Gasteiger partial charge in [-0.2, -0.15) is 8.78 Å². The summed E-state index contributed by atoms with van der Waals surface area (Å²) in [7, 11) is 0. The summed E-state index contributed by atoms with van der Waals surface area (Å²) in [6.45, 7) is 8.08. The smallest absolute Gasteiger partial charge is 0.311 e. The number of carbonyl (C=O) groups is 6. The molecule has 0 aliphatic heterocycles. The van der Waals surface area contributed by atoms with Crippen LogP contribution in [0.2, 0.25) is 0 Å². The molecule has 0 saturated carbocycles. The summed E-state index contributed by atoms with van der Waals surface area (Å²) < 4.78 is 108. The van der Waals surface area contributed by atoms with E-state index in [9.17, 15) is 46.3 Å². The van der Waals surface area contributed by atoms with Gasteiger partial charge in [-0.05, 0) is 19.3 Å². The van der Waals surface area contributed by atoms with E-state index >= 15 is 0 Å². The molecule has 0 aliphatic rings. The van der Waals surface area contributed by atoms with Gasteiger partial charge in [0, 0.05) is 51.6 Å². The maximum Gasteiger partial charge on any atom is 0.311 e. The highest BCUT2D eigenvalue weighted by atomic mass is 19.2. The number of benzene rings is 1. The van der Waals surface area contributed by atoms with Crippen molar-refractivity contribution in [3.05, 3.63) is 29.3 Å². The first-order valence-electron chi connectivity index (χ1n) is 23.5. The van der Waals surface area contributed by atoms with E-state index < -0.39 is 58.9 Å². The molecule has 0 aromatic heterocycles. The number of unbranched alkanes of at least 4 members (excludes halogenated alkanes) is 3. The van der Waals surface area contributed by atoms with Gasteiger partial charge in [0.05, 0.1) is 132 Å². The van der Waals surface area contributed by atoms with Crippen molar-refractivity contribution < 1.29 is 104 Å². The monoisotopic (exact) mass is 1030 g/mol. The predicted octanol–water partition coefficient (Wildman–Crippen LogP) is 1.63. The fraction of sp³-hybridized carbons (Fsp3) is 0.733. The molecule has 1 atom stereocenters. The summed E-state index contributed by atoms with van der Waals surface area (Å²) in [5.41, 5.74) is 0. The molecule has 0 spiro atoms. The summed E-state index contributed by atoms with van der Waals surface area (Å²) >= 11 is 0. The van der Waals surface area contributed by atoms with Crippen molar-refractivity contribution >= 4 is 36.1 Å². The van der Waals surface area contributed by atoms with E-state index in [1.165, 1.54) is 0 Å². The average Bonchev–Trinajstić information content (AvgIpc) is 3.33. The number of aliphatic carboxylic acids is 2. The molecule has 71 heavy (non-hydrogen) atoms. The Morgan fingerprint density at radius 2 is 0.944 bits per heavy atom. The molecule has 0 heterocycles. The highest BCUT2D eigenvalue weighted by molar-refractivity contribution is 5.84. The maximum absolute atomic E-state index is 13.7. The van der Waals surface area contributed by atoms with Crippen LogP contribution in [0.15, 0.2) is 6.07 Å². The number of hydrogen-bond donors (Lipinski definition) is 5. The molecule has 3 amide bonds. The highest BCUT2D eigenvalue weighted by Crippen LogP contribution is 2.27. The summed E-state index contributed by atoms with van der Waals surface area (Å²) in [4.78, 5) is 71.0. The number of esters is 1. The minimum Gasteiger partial charge on any atom is -0.481 e. The van der Waals surface area contributed by atoms with Crippen LogP contribution in [-0.2, 0) is 71.4 Å². The molecule has 408 valence electrons. The molecule has 0 saturated heterocycles. The van der Waals surface area contributed by atoms with Crippen molar-refractivity contribution in [1.82, 2.24) is 20.9 Å². The first kappa shape index (κ1) is 64.4. The molecule has 0 radical (unpaired) electrons. The molecule has 26 heteroatoms. The molecule has 22 nitrogen and oxygen atoms in total. The number of rotatable bonds is 50. The average molecular weight is 1030 g/mol. The quantitative estimate of drug-likeness (QED) is 0.0155. The lowest BCUT2D eigenvalue weighted by atomic mass is 10.1. The Hall–Kier alpha value is -4.64. The van der Waals surface area contributed by atoms with E-state index in [1.54, 1.807) is 0 Å². The van der Waals surface area contributed by atoms with Crippen LogP contribution in [0.3, 0.4) is 0 Å². The van der Waals surface area contributed by atoms with E-state index in [4.69, 9.17) is 52.8 Å². The van der Waals surface area contributed by atoms with Gasteiger partial charge in [-0.1, -0.05) is 12.8 Å². The number of halogens is 4. The summed E-state index contributed by atoms with van der Waals surface area (Å²) in [6.07, 6.45) is 1.68. The zero-order chi connectivity index (χ0) is 52.2. The van der Waals surface area contributed by atoms with Crippen molar-refractivity contribution in [2.75, 3.05) is 152 Å². The Kier molecular flexibility index (Phi) is 40.0. The van der Waals surface area contributed by atoms with E-state index in [-0.39, 0.29) is 90.0 Å². The first-order valence-corrected chi connectivity index (χ1v) is 23.5. The van der Waals surface area contributed by atoms with Crippen LogP contribution in [0.5, 0.6) is 5.75 Å². The van der Waals surface area contributed by atoms with Gasteiger partial charge < -0.3 is 73.5 Å². The number of carbonyl (C=O) groups excluding carboxylic acids is 4. The zero-order valence-corrected chi connectivity index (χ0v) is 40.2. The minimum absolute atomic E-state index is 0.00358.